The Balaban J connectivity index is 2.26. The van der Waals surface area contributed by atoms with Gasteiger partial charge in [0.1, 0.15) is 6.04 Å². The molecule has 0 heterocycles. The lowest BCUT2D eigenvalue weighted by molar-refractivity contribution is -0.140. The Labute approximate surface area is 162 Å². The van der Waals surface area contributed by atoms with Crippen LogP contribution in [-0.2, 0) is 22.6 Å². The summed E-state index contributed by atoms with van der Waals surface area (Å²) in [6, 6.07) is 13.5. The SMILES string of the molecule is CCNC(=O)C(C)N(Cc1ccccc1C)C(=O)Cc1ccc(C)c(C)c1. The van der Waals surface area contributed by atoms with Crippen LogP contribution in [-0.4, -0.2) is 29.3 Å². The van der Waals surface area contributed by atoms with Crippen LogP contribution in [0.1, 0.15) is 41.7 Å². The van der Waals surface area contributed by atoms with Crippen molar-refractivity contribution in [2.75, 3.05) is 6.54 Å². The molecule has 4 nitrogen and oxygen atoms in total. The van der Waals surface area contributed by atoms with Crippen LogP contribution in [0.15, 0.2) is 42.5 Å². The average molecular weight is 367 g/mol. The predicted molar refractivity (Wildman–Crippen MR) is 109 cm³/mol. The van der Waals surface area contributed by atoms with Gasteiger partial charge in [-0.2, -0.15) is 0 Å². The minimum Gasteiger partial charge on any atom is -0.355 e. The van der Waals surface area contributed by atoms with Crippen molar-refractivity contribution in [1.82, 2.24) is 10.2 Å². The molecule has 0 aromatic heterocycles. The Bertz CT molecular complexity index is 814. The molecule has 2 rings (SSSR count). The molecule has 2 amide bonds. The predicted octanol–water partition coefficient (Wildman–Crippen LogP) is 3.71. The first-order valence-electron chi connectivity index (χ1n) is 9.51. The lowest BCUT2D eigenvalue weighted by Gasteiger charge is -2.29. The standard InChI is InChI=1S/C23H30N2O2/c1-6-24-23(27)19(5)25(15-21-10-8-7-9-17(21)3)22(26)14-20-12-11-16(2)18(4)13-20/h7-13,19H,6,14-15H2,1-5H3,(H,24,27). The van der Waals surface area contributed by atoms with Gasteiger partial charge in [-0.3, -0.25) is 9.59 Å². The molecule has 2 aromatic rings. The molecule has 1 unspecified atom stereocenters. The summed E-state index contributed by atoms with van der Waals surface area (Å²) < 4.78 is 0. The third-order valence-corrected chi connectivity index (χ3v) is 5.05. The molecule has 1 atom stereocenters. The van der Waals surface area contributed by atoms with Gasteiger partial charge in [-0.25, -0.2) is 0 Å². The Morgan fingerprint density at radius 1 is 1.00 bits per heavy atom. The molecule has 0 aliphatic heterocycles. The fraction of sp³-hybridized carbons (Fsp3) is 0.391. The van der Waals surface area contributed by atoms with Gasteiger partial charge in [0, 0.05) is 13.1 Å². The first-order valence-corrected chi connectivity index (χ1v) is 9.51. The van der Waals surface area contributed by atoms with Crippen LogP contribution in [0.5, 0.6) is 0 Å². The third-order valence-electron chi connectivity index (χ3n) is 5.05. The summed E-state index contributed by atoms with van der Waals surface area (Å²) in [4.78, 5) is 27.2. The van der Waals surface area contributed by atoms with E-state index in [4.69, 9.17) is 0 Å². The topological polar surface area (TPSA) is 49.4 Å². The van der Waals surface area contributed by atoms with E-state index in [0.29, 0.717) is 13.1 Å². The smallest absolute Gasteiger partial charge is 0.242 e. The minimum atomic E-state index is -0.524. The highest BCUT2D eigenvalue weighted by Crippen LogP contribution is 2.16. The lowest BCUT2D eigenvalue weighted by atomic mass is 10.0. The van der Waals surface area contributed by atoms with Crippen molar-refractivity contribution in [3.8, 4) is 0 Å². The Morgan fingerprint density at radius 2 is 1.70 bits per heavy atom. The zero-order valence-electron chi connectivity index (χ0n) is 17.0. The molecule has 0 saturated carbocycles. The Hall–Kier alpha value is -2.62. The first kappa shape index (κ1) is 20.7. The van der Waals surface area contributed by atoms with Crippen LogP contribution in [0.3, 0.4) is 0 Å². The second-order valence-electron chi connectivity index (χ2n) is 7.11. The van der Waals surface area contributed by atoms with Gasteiger partial charge >= 0.3 is 0 Å². The number of benzene rings is 2. The lowest BCUT2D eigenvalue weighted by Crippen LogP contribution is -2.48. The van der Waals surface area contributed by atoms with Crippen LogP contribution in [0.4, 0.5) is 0 Å². The molecule has 27 heavy (non-hydrogen) atoms. The molecule has 0 saturated heterocycles. The number of nitrogens with zero attached hydrogens (tertiary/aromatic N) is 1. The second kappa shape index (κ2) is 9.36. The minimum absolute atomic E-state index is 0.0414. The van der Waals surface area contributed by atoms with Gasteiger partial charge in [-0.05, 0) is 62.4 Å². The highest BCUT2D eigenvalue weighted by molar-refractivity contribution is 5.88. The summed E-state index contributed by atoms with van der Waals surface area (Å²) in [7, 11) is 0. The van der Waals surface area contributed by atoms with Crippen molar-refractivity contribution >= 4 is 11.8 Å². The number of carbonyl (C=O) groups is 2. The maximum Gasteiger partial charge on any atom is 0.242 e. The zero-order chi connectivity index (χ0) is 20.0. The van der Waals surface area contributed by atoms with Crippen molar-refractivity contribution in [3.05, 3.63) is 70.3 Å². The van der Waals surface area contributed by atoms with Crippen molar-refractivity contribution in [2.24, 2.45) is 0 Å². The van der Waals surface area contributed by atoms with E-state index in [2.05, 4.69) is 18.3 Å². The van der Waals surface area contributed by atoms with E-state index in [1.54, 1.807) is 11.8 Å². The van der Waals surface area contributed by atoms with E-state index in [9.17, 15) is 9.59 Å². The van der Waals surface area contributed by atoms with Crippen LogP contribution in [0.25, 0.3) is 0 Å². The number of hydrogen-bond donors (Lipinski definition) is 1. The van der Waals surface area contributed by atoms with Crippen molar-refractivity contribution in [1.29, 1.82) is 0 Å². The zero-order valence-corrected chi connectivity index (χ0v) is 17.0. The average Bonchev–Trinajstić information content (AvgIpc) is 2.63. The highest BCUT2D eigenvalue weighted by Gasteiger charge is 2.26. The third kappa shape index (κ3) is 5.43. The largest absolute Gasteiger partial charge is 0.355 e. The van der Waals surface area contributed by atoms with Gasteiger partial charge in [0.15, 0.2) is 0 Å². The molecular formula is C23H30N2O2. The van der Waals surface area contributed by atoms with Gasteiger partial charge in [-0.1, -0.05) is 42.5 Å². The summed E-state index contributed by atoms with van der Waals surface area (Å²) in [6.45, 7) is 10.8. The van der Waals surface area contributed by atoms with Crippen molar-refractivity contribution < 1.29 is 9.59 Å². The molecule has 2 aromatic carbocycles. The fourth-order valence-electron chi connectivity index (χ4n) is 3.07. The number of rotatable bonds is 7. The molecule has 0 spiro atoms. The molecule has 4 heteroatoms. The van der Waals surface area contributed by atoms with E-state index in [0.717, 1.165) is 16.7 Å². The molecule has 0 fully saturated rings. The number of likely N-dealkylation sites (N-methyl/N-ethyl adjacent to an activating group) is 1. The number of amides is 2. The van der Waals surface area contributed by atoms with Gasteiger partial charge in [0.25, 0.3) is 0 Å². The van der Waals surface area contributed by atoms with Crippen molar-refractivity contribution in [2.45, 2.75) is 53.6 Å². The summed E-state index contributed by atoms with van der Waals surface area (Å²) in [5, 5.41) is 2.83. The van der Waals surface area contributed by atoms with E-state index < -0.39 is 6.04 Å². The van der Waals surface area contributed by atoms with Crippen LogP contribution in [0, 0.1) is 20.8 Å². The monoisotopic (exact) mass is 366 g/mol. The maximum atomic E-state index is 13.1. The first-order chi connectivity index (χ1) is 12.8. The molecular weight excluding hydrogens is 336 g/mol. The van der Waals surface area contributed by atoms with Gasteiger partial charge in [0.2, 0.25) is 11.8 Å². The molecule has 0 aliphatic carbocycles. The van der Waals surface area contributed by atoms with Crippen LogP contribution >= 0.6 is 0 Å². The van der Waals surface area contributed by atoms with E-state index in [1.165, 1.54) is 11.1 Å². The fourth-order valence-corrected chi connectivity index (χ4v) is 3.07. The number of nitrogens with one attached hydrogen (secondary N) is 1. The Morgan fingerprint density at radius 3 is 2.33 bits per heavy atom. The molecule has 144 valence electrons. The summed E-state index contributed by atoms with van der Waals surface area (Å²) in [6.07, 6.45) is 0.288. The summed E-state index contributed by atoms with van der Waals surface area (Å²) in [5.41, 5.74) is 5.52. The molecule has 0 radical (unpaired) electrons. The molecule has 0 bridgehead atoms. The highest BCUT2D eigenvalue weighted by atomic mass is 16.2. The maximum absolute atomic E-state index is 13.1. The second-order valence-corrected chi connectivity index (χ2v) is 7.11. The van der Waals surface area contributed by atoms with E-state index in [-0.39, 0.29) is 18.2 Å². The summed E-state index contributed by atoms with van der Waals surface area (Å²) >= 11 is 0. The van der Waals surface area contributed by atoms with Gasteiger partial charge < -0.3 is 10.2 Å². The summed E-state index contributed by atoms with van der Waals surface area (Å²) in [5.74, 6) is -0.167. The van der Waals surface area contributed by atoms with E-state index in [1.807, 2.05) is 57.2 Å². The normalized spacial score (nSPS) is 11.7. The van der Waals surface area contributed by atoms with Crippen molar-refractivity contribution in [3.63, 3.8) is 0 Å². The van der Waals surface area contributed by atoms with Gasteiger partial charge in [0.05, 0.1) is 6.42 Å². The molecule has 1 N–H and O–H groups in total. The quantitative estimate of drug-likeness (QED) is 0.812. The van der Waals surface area contributed by atoms with E-state index >= 15 is 0 Å². The number of aryl methyl sites for hydroxylation is 3. The Kier molecular flexibility index (Phi) is 7.17. The van der Waals surface area contributed by atoms with Gasteiger partial charge in [-0.15, -0.1) is 0 Å². The molecule has 0 aliphatic rings. The number of hydrogen-bond acceptors (Lipinski definition) is 2. The number of carbonyl (C=O) groups excluding carboxylic acids is 2. The van der Waals surface area contributed by atoms with Crippen LogP contribution in [0.2, 0.25) is 0 Å². The van der Waals surface area contributed by atoms with Crippen LogP contribution < -0.4 is 5.32 Å².